The summed E-state index contributed by atoms with van der Waals surface area (Å²) in [6, 6.07) is 8.42. The first-order valence-corrected chi connectivity index (χ1v) is 9.93. The van der Waals surface area contributed by atoms with Crippen LogP contribution in [0.5, 0.6) is 0 Å². The van der Waals surface area contributed by atoms with Gasteiger partial charge in [0, 0.05) is 13.6 Å². The van der Waals surface area contributed by atoms with Gasteiger partial charge in [-0.3, -0.25) is 19.3 Å². The second kappa shape index (κ2) is 9.82. The van der Waals surface area contributed by atoms with Gasteiger partial charge in [-0.05, 0) is 44.8 Å². The molecule has 28 heavy (non-hydrogen) atoms. The number of benzene rings is 1. The van der Waals surface area contributed by atoms with E-state index < -0.39 is 12.1 Å². The number of likely N-dealkylation sites (N-methyl/N-ethyl adjacent to an activating group) is 2. The van der Waals surface area contributed by atoms with Crippen molar-refractivity contribution in [2.24, 2.45) is 5.92 Å². The molecular weight excluding hydrogens is 354 g/mol. The van der Waals surface area contributed by atoms with Gasteiger partial charge in [-0.2, -0.15) is 0 Å². The molecule has 1 aliphatic heterocycles. The molecule has 3 atom stereocenters. The lowest BCUT2D eigenvalue weighted by Gasteiger charge is -2.37. The third kappa shape index (κ3) is 4.98. The van der Waals surface area contributed by atoms with E-state index in [1.54, 1.807) is 16.8 Å². The first-order valence-electron chi connectivity index (χ1n) is 9.93. The average molecular weight is 387 g/mol. The number of likely N-dealkylation sites (tertiary alicyclic amines) is 1. The molecule has 1 aromatic rings. The van der Waals surface area contributed by atoms with Crippen LogP contribution in [-0.4, -0.2) is 78.6 Å². The molecule has 2 rings (SSSR count). The average Bonchev–Trinajstić information content (AvgIpc) is 3.14. The number of carbonyl (C=O) groups excluding carboxylic acids is 3. The molecule has 1 heterocycles. The molecule has 1 radical (unpaired) electrons. The zero-order valence-electron chi connectivity index (χ0n) is 17.6. The van der Waals surface area contributed by atoms with Crippen molar-refractivity contribution < 1.29 is 14.4 Å². The topological polar surface area (TPSA) is 60.9 Å². The Hall–Kier alpha value is -2.21. The molecule has 0 N–H and O–H groups in total. The van der Waals surface area contributed by atoms with Crippen LogP contribution in [0.15, 0.2) is 30.3 Å². The number of carbonyl (C=O) groups is 2. The zero-order chi connectivity index (χ0) is 20.8. The third-order valence-electron chi connectivity index (χ3n) is 5.50. The lowest BCUT2D eigenvalue weighted by atomic mass is 9.98. The van der Waals surface area contributed by atoms with Crippen molar-refractivity contribution >= 4 is 18.1 Å². The molecule has 0 aliphatic carbocycles. The highest BCUT2D eigenvalue weighted by Crippen LogP contribution is 2.22. The molecule has 1 saturated heterocycles. The van der Waals surface area contributed by atoms with Gasteiger partial charge in [0.15, 0.2) is 0 Å². The smallest absolute Gasteiger partial charge is 0.246 e. The molecule has 0 bridgehead atoms. The molecule has 1 fully saturated rings. The van der Waals surface area contributed by atoms with Crippen molar-refractivity contribution in [1.82, 2.24) is 14.7 Å². The summed E-state index contributed by atoms with van der Waals surface area (Å²) < 4.78 is 0. The molecule has 6 heteroatoms. The molecule has 1 aromatic carbocycles. The Morgan fingerprint density at radius 1 is 1.18 bits per heavy atom. The van der Waals surface area contributed by atoms with Crippen LogP contribution in [0.25, 0.3) is 0 Å². The van der Waals surface area contributed by atoms with Gasteiger partial charge in [0.2, 0.25) is 18.1 Å². The van der Waals surface area contributed by atoms with Crippen LogP contribution in [0.4, 0.5) is 0 Å². The Morgan fingerprint density at radius 2 is 1.82 bits per heavy atom. The van der Waals surface area contributed by atoms with Crippen LogP contribution >= 0.6 is 0 Å². The van der Waals surface area contributed by atoms with Crippen LogP contribution in [-0.2, 0) is 20.8 Å². The van der Waals surface area contributed by atoms with E-state index in [0.29, 0.717) is 19.4 Å². The molecular formula is C22H32N3O3. The second-order valence-electron chi connectivity index (χ2n) is 8.11. The van der Waals surface area contributed by atoms with Crippen LogP contribution in [0.2, 0.25) is 0 Å². The van der Waals surface area contributed by atoms with E-state index in [4.69, 9.17) is 0 Å². The molecule has 0 aromatic heterocycles. The molecule has 0 spiro atoms. The van der Waals surface area contributed by atoms with Gasteiger partial charge >= 0.3 is 0 Å². The highest BCUT2D eigenvalue weighted by atomic mass is 16.2. The first-order chi connectivity index (χ1) is 13.3. The molecule has 1 aliphatic rings. The number of nitrogens with zero attached hydrogens (tertiary/aromatic N) is 3. The monoisotopic (exact) mass is 386 g/mol. The Labute approximate surface area is 168 Å². The molecule has 6 nitrogen and oxygen atoms in total. The summed E-state index contributed by atoms with van der Waals surface area (Å²) in [6.07, 6.45) is 3.99. The van der Waals surface area contributed by atoms with E-state index >= 15 is 0 Å². The van der Waals surface area contributed by atoms with E-state index in [1.165, 1.54) is 0 Å². The molecule has 0 unspecified atom stereocenters. The summed E-state index contributed by atoms with van der Waals surface area (Å²) in [6.45, 7) is 4.42. The zero-order valence-corrected chi connectivity index (χ0v) is 17.6. The van der Waals surface area contributed by atoms with Crippen molar-refractivity contribution in [1.29, 1.82) is 0 Å². The maximum absolute atomic E-state index is 13.3. The fraction of sp³-hybridized carbons (Fsp3) is 0.591. The van der Waals surface area contributed by atoms with Crippen molar-refractivity contribution in [3.8, 4) is 0 Å². The summed E-state index contributed by atoms with van der Waals surface area (Å²) in [5.41, 5.74) is 1.07. The SMILES string of the molecule is CC(C)[C@@H](C(=O)N1CCC[C@H]1[C]=O)N(C)C(=O)[C@H](Cc1ccccc1)N(C)C. The predicted molar refractivity (Wildman–Crippen MR) is 109 cm³/mol. The highest BCUT2D eigenvalue weighted by Gasteiger charge is 2.39. The second-order valence-corrected chi connectivity index (χ2v) is 8.11. The summed E-state index contributed by atoms with van der Waals surface area (Å²) in [5, 5.41) is 0. The normalized spacial score (nSPS) is 19.0. The van der Waals surface area contributed by atoms with Gasteiger partial charge < -0.3 is 9.80 Å². The maximum Gasteiger partial charge on any atom is 0.246 e. The number of amides is 2. The Morgan fingerprint density at radius 3 is 2.36 bits per heavy atom. The third-order valence-corrected chi connectivity index (χ3v) is 5.50. The van der Waals surface area contributed by atoms with E-state index in [1.807, 2.05) is 69.5 Å². The lowest BCUT2D eigenvalue weighted by molar-refractivity contribution is -0.148. The van der Waals surface area contributed by atoms with E-state index in [-0.39, 0.29) is 23.8 Å². The number of hydrogen-bond acceptors (Lipinski definition) is 4. The minimum atomic E-state index is -0.598. The molecule has 2 amide bonds. The molecule has 153 valence electrons. The summed E-state index contributed by atoms with van der Waals surface area (Å²) >= 11 is 0. The van der Waals surface area contributed by atoms with Crippen LogP contribution in [0, 0.1) is 5.92 Å². The van der Waals surface area contributed by atoms with Gasteiger partial charge in [0.05, 0.1) is 12.1 Å². The van der Waals surface area contributed by atoms with Crippen LogP contribution in [0.1, 0.15) is 32.3 Å². The number of rotatable bonds is 8. The highest BCUT2D eigenvalue weighted by molar-refractivity contribution is 5.91. The van der Waals surface area contributed by atoms with Crippen molar-refractivity contribution in [3.63, 3.8) is 0 Å². The van der Waals surface area contributed by atoms with Crippen molar-refractivity contribution in [3.05, 3.63) is 35.9 Å². The standard InChI is InChI=1S/C22H32N3O3/c1-16(2)20(22(28)25-13-9-12-18(25)15-26)24(5)21(27)19(23(3)4)14-17-10-7-6-8-11-17/h6-8,10-11,16,18-20H,9,12-14H2,1-5H3/t18-,19-,20-/m0/s1. The van der Waals surface area contributed by atoms with Gasteiger partial charge in [0.25, 0.3) is 0 Å². The summed E-state index contributed by atoms with van der Waals surface area (Å²) in [7, 11) is 5.45. The quantitative estimate of drug-likeness (QED) is 0.683. The fourth-order valence-electron chi connectivity index (χ4n) is 3.92. The van der Waals surface area contributed by atoms with Gasteiger partial charge in [0.1, 0.15) is 6.04 Å². The van der Waals surface area contributed by atoms with Gasteiger partial charge in [-0.1, -0.05) is 44.2 Å². The minimum absolute atomic E-state index is 0.0612. The lowest BCUT2D eigenvalue weighted by Crippen LogP contribution is -2.57. The van der Waals surface area contributed by atoms with Gasteiger partial charge in [-0.25, -0.2) is 0 Å². The molecule has 0 saturated carbocycles. The van der Waals surface area contributed by atoms with Crippen LogP contribution in [0.3, 0.4) is 0 Å². The summed E-state index contributed by atoms with van der Waals surface area (Å²) in [4.78, 5) is 42.8. The Kier molecular flexibility index (Phi) is 7.75. The predicted octanol–water partition coefficient (Wildman–Crippen LogP) is 1.74. The largest absolute Gasteiger partial charge is 0.332 e. The van der Waals surface area contributed by atoms with Gasteiger partial charge in [-0.15, -0.1) is 0 Å². The van der Waals surface area contributed by atoms with E-state index in [0.717, 1.165) is 12.0 Å². The number of hydrogen-bond donors (Lipinski definition) is 0. The van der Waals surface area contributed by atoms with Crippen molar-refractivity contribution in [2.45, 2.75) is 51.2 Å². The van der Waals surface area contributed by atoms with Crippen molar-refractivity contribution in [2.75, 3.05) is 27.7 Å². The maximum atomic E-state index is 13.3. The summed E-state index contributed by atoms with van der Waals surface area (Å²) in [5.74, 6) is -0.311. The first kappa shape index (κ1) is 22.1. The van der Waals surface area contributed by atoms with E-state index in [9.17, 15) is 14.4 Å². The Balaban J connectivity index is 2.22. The Bertz CT molecular complexity index is 675. The van der Waals surface area contributed by atoms with E-state index in [2.05, 4.69) is 0 Å². The fourth-order valence-corrected chi connectivity index (χ4v) is 3.92. The minimum Gasteiger partial charge on any atom is -0.332 e. The van der Waals surface area contributed by atoms with Crippen LogP contribution < -0.4 is 0 Å².